The lowest BCUT2D eigenvalue weighted by molar-refractivity contribution is -0.144. The third-order valence-corrected chi connectivity index (χ3v) is 5.33. The van der Waals surface area contributed by atoms with E-state index in [0.717, 1.165) is 22.9 Å². The van der Waals surface area contributed by atoms with Gasteiger partial charge in [-0.15, -0.1) is 0 Å². The molecule has 0 radical (unpaired) electrons. The van der Waals surface area contributed by atoms with E-state index in [0.29, 0.717) is 44.1 Å². The topological polar surface area (TPSA) is 85.9 Å². The highest BCUT2D eigenvalue weighted by atomic mass is 16.5. The molecule has 1 fully saturated rings. The standard InChI is InChI=1S/C22H23N3O4/c26-15-24-8-10-25(11-9-24)21(22(27)28)19-13-23-20-7-6-17(12-18(19)20)29-14-16-4-2-1-3-5-16/h1-7,12-13,15,21,23H,8-11,14H2,(H,27,28)/t21-/m1/s1. The summed E-state index contributed by atoms with van der Waals surface area (Å²) in [4.78, 5) is 29.8. The fraction of sp³-hybridized carbons (Fsp3) is 0.273. The molecule has 1 aromatic heterocycles. The predicted octanol–water partition coefficient (Wildman–Crippen LogP) is 2.65. The van der Waals surface area contributed by atoms with E-state index in [9.17, 15) is 14.7 Å². The molecule has 1 saturated heterocycles. The molecule has 0 saturated carbocycles. The van der Waals surface area contributed by atoms with Crippen molar-refractivity contribution >= 4 is 23.3 Å². The predicted molar refractivity (Wildman–Crippen MR) is 109 cm³/mol. The molecule has 29 heavy (non-hydrogen) atoms. The third kappa shape index (κ3) is 4.09. The Balaban J connectivity index is 1.58. The second-order valence-electron chi connectivity index (χ2n) is 7.14. The minimum Gasteiger partial charge on any atom is -0.489 e. The van der Waals surface area contributed by atoms with Gasteiger partial charge in [0, 0.05) is 48.8 Å². The number of ether oxygens (including phenoxy) is 1. The van der Waals surface area contributed by atoms with Crippen LogP contribution in [-0.2, 0) is 16.2 Å². The molecule has 0 aliphatic carbocycles. The number of fused-ring (bicyclic) bond motifs is 1. The van der Waals surface area contributed by atoms with Crippen LogP contribution in [-0.4, -0.2) is 58.4 Å². The van der Waals surface area contributed by atoms with E-state index in [1.54, 1.807) is 11.1 Å². The zero-order valence-corrected chi connectivity index (χ0v) is 16.0. The summed E-state index contributed by atoms with van der Waals surface area (Å²) in [6.07, 6.45) is 2.58. The Morgan fingerprint density at radius 2 is 1.90 bits per heavy atom. The van der Waals surface area contributed by atoms with Crippen LogP contribution in [0.4, 0.5) is 0 Å². The molecule has 1 atom stereocenters. The van der Waals surface area contributed by atoms with E-state index < -0.39 is 12.0 Å². The molecule has 0 spiro atoms. The fourth-order valence-electron chi connectivity index (χ4n) is 3.77. The van der Waals surface area contributed by atoms with E-state index in [2.05, 4.69) is 4.98 Å². The molecular weight excluding hydrogens is 370 g/mol. The van der Waals surface area contributed by atoms with Gasteiger partial charge in [-0.1, -0.05) is 30.3 Å². The maximum absolute atomic E-state index is 12.1. The molecule has 7 heteroatoms. The lowest BCUT2D eigenvalue weighted by Gasteiger charge is -2.36. The van der Waals surface area contributed by atoms with Gasteiger partial charge in [0.1, 0.15) is 18.4 Å². The molecule has 0 unspecified atom stereocenters. The Labute approximate surface area is 168 Å². The van der Waals surface area contributed by atoms with Crippen LogP contribution >= 0.6 is 0 Å². The number of aromatic nitrogens is 1. The summed E-state index contributed by atoms with van der Waals surface area (Å²) in [6, 6.07) is 14.8. The van der Waals surface area contributed by atoms with E-state index in [4.69, 9.17) is 4.74 Å². The van der Waals surface area contributed by atoms with E-state index >= 15 is 0 Å². The van der Waals surface area contributed by atoms with Crippen molar-refractivity contribution in [3.8, 4) is 5.75 Å². The zero-order chi connectivity index (χ0) is 20.2. The van der Waals surface area contributed by atoms with Crippen molar-refractivity contribution < 1.29 is 19.4 Å². The molecule has 2 heterocycles. The molecule has 1 amide bonds. The van der Waals surface area contributed by atoms with Gasteiger partial charge in [0.05, 0.1) is 0 Å². The number of hydrogen-bond acceptors (Lipinski definition) is 4. The lowest BCUT2D eigenvalue weighted by atomic mass is 10.0. The maximum Gasteiger partial charge on any atom is 0.325 e. The zero-order valence-electron chi connectivity index (χ0n) is 16.0. The summed E-state index contributed by atoms with van der Waals surface area (Å²) < 4.78 is 5.92. The smallest absolute Gasteiger partial charge is 0.325 e. The highest BCUT2D eigenvalue weighted by Crippen LogP contribution is 2.32. The van der Waals surface area contributed by atoms with Crippen molar-refractivity contribution in [2.75, 3.05) is 26.2 Å². The Hall–Kier alpha value is -3.32. The van der Waals surface area contributed by atoms with Crippen molar-refractivity contribution in [2.45, 2.75) is 12.6 Å². The largest absolute Gasteiger partial charge is 0.489 e. The number of carboxylic acid groups (broad SMARTS) is 1. The molecule has 2 N–H and O–H groups in total. The number of aromatic amines is 1. The normalized spacial score (nSPS) is 15.9. The molecule has 3 aromatic rings. The third-order valence-electron chi connectivity index (χ3n) is 5.33. The van der Waals surface area contributed by atoms with Crippen LogP contribution in [0.1, 0.15) is 17.2 Å². The van der Waals surface area contributed by atoms with Gasteiger partial charge < -0.3 is 19.7 Å². The first-order valence-electron chi connectivity index (χ1n) is 9.59. The van der Waals surface area contributed by atoms with Crippen molar-refractivity contribution in [3.63, 3.8) is 0 Å². The lowest BCUT2D eigenvalue weighted by Crippen LogP contribution is -2.48. The summed E-state index contributed by atoms with van der Waals surface area (Å²) in [6.45, 7) is 2.55. The van der Waals surface area contributed by atoms with Gasteiger partial charge in [0.25, 0.3) is 0 Å². The summed E-state index contributed by atoms with van der Waals surface area (Å²) in [5.74, 6) is -0.210. The maximum atomic E-state index is 12.1. The number of piperazine rings is 1. The number of H-pyrrole nitrogens is 1. The number of benzene rings is 2. The van der Waals surface area contributed by atoms with E-state index in [1.165, 1.54) is 0 Å². The van der Waals surface area contributed by atoms with Crippen molar-refractivity contribution in [3.05, 3.63) is 65.9 Å². The van der Waals surface area contributed by atoms with Crippen molar-refractivity contribution in [1.82, 2.24) is 14.8 Å². The summed E-state index contributed by atoms with van der Waals surface area (Å²) in [7, 11) is 0. The first kappa shape index (κ1) is 19.0. The van der Waals surface area contributed by atoms with Crippen LogP contribution in [0.3, 0.4) is 0 Å². The number of amides is 1. The van der Waals surface area contributed by atoms with Gasteiger partial charge in [-0.05, 0) is 23.8 Å². The highest BCUT2D eigenvalue weighted by Gasteiger charge is 2.32. The first-order valence-corrected chi connectivity index (χ1v) is 9.59. The summed E-state index contributed by atoms with van der Waals surface area (Å²) in [5.41, 5.74) is 2.64. The molecule has 1 aliphatic rings. The van der Waals surface area contributed by atoms with E-state index in [1.807, 2.05) is 53.4 Å². The van der Waals surface area contributed by atoms with Crippen LogP contribution in [0.5, 0.6) is 5.75 Å². The number of carbonyl (C=O) groups excluding carboxylic acids is 1. The Bertz CT molecular complexity index is 994. The second kappa shape index (κ2) is 8.36. The number of rotatable bonds is 7. The SMILES string of the molecule is O=CN1CCN([C@@H](C(=O)O)c2c[nH]c3ccc(OCc4ccccc4)cc23)CC1. The van der Waals surface area contributed by atoms with Gasteiger partial charge in [0.15, 0.2) is 0 Å². The highest BCUT2D eigenvalue weighted by molar-refractivity contribution is 5.90. The number of carbonyl (C=O) groups is 2. The van der Waals surface area contributed by atoms with Gasteiger partial charge in [0.2, 0.25) is 6.41 Å². The molecule has 2 aromatic carbocycles. The monoisotopic (exact) mass is 393 g/mol. The van der Waals surface area contributed by atoms with E-state index in [-0.39, 0.29) is 0 Å². The fourth-order valence-corrected chi connectivity index (χ4v) is 3.77. The van der Waals surface area contributed by atoms with Crippen LogP contribution in [0, 0.1) is 0 Å². The van der Waals surface area contributed by atoms with Gasteiger partial charge >= 0.3 is 5.97 Å². The summed E-state index contributed by atoms with van der Waals surface area (Å²) in [5, 5.41) is 10.8. The number of hydrogen-bond donors (Lipinski definition) is 2. The summed E-state index contributed by atoms with van der Waals surface area (Å²) >= 11 is 0. The molecule has 1 aliphatic heterocycles. The number of nitrogens with one attached hydrogen (secondary N) is 1. The first-order chi connectivity index (χ1) is 14.2. The second-order valence-corrected chi connectivity index (χ2v) is 7.14. The van der Waals surface area contributed by atoms with Crippen LogP contribution in [0.2, 0.25) is 0 Å². The van der Waals surface area contributed by atoms with Gasteiger partial charge in [-0.3, -0.25) is 14.5 Å². The molecule has 7 nitrogen and oxygen atoms in total. The Morgan fingerprint density at radius 3 is 2.59 bits per heavy atom. The van der Waals surface area contributed by atoms with Crippen molar-refractivity contribution in [2.24, 2.45) is 0 Å². The van der Waals surface area contributed by atoms with Crippen LogP contribution in [0.25, 0.3) is 10.9 Å². The van der Waals surface area contributed by atoms with Gasteiger partial charge in [-0.2, -0.15) is 0 Å². The Kier molecular flexibility index (Phi) is 5.48. The average Bonchev–Trinajstić information content (AvgIpc) is 3.16. The molecule has 0 bridgehead atoms. The molecule has 150 valence electrons. The minimum atomic E-state index is -0.902. The Morgan fingerprint density at radius 1 is 1.14 bits per heavy atom. The van der Waals surface area contributed by atoms with Crippen LogP contribution < -0.4 is 4.74 Å². The molecule has 4 rings (SSSR count). The van der Waals surface area contributed by atoms with Crippen molar-refractivity contribution in [1.29, 1.82) is 0 Å². The number of nitrogens with zero attached hydrogens (tertiary/aromatic N) is 2. The minimum absolute atomic E-state index is 0.447. The average molecular weight is 393 g/mol. The number of carboxylic acids is 1. The quantitative estimate of drug-likeness (QED) is 0.603. The van der Waals surface area contributed by atoms with Crippen LogP contribution in [0.15, 0.2) is 54.7 Å². The van der Waals surface area contributed by atoms with Gasteiger partial charge in [-0.25, -0.2) is 0 Å². The molecular formula is C22H23N3O4. The number of aliphatic carboxylic acids is 1.